The fourth-order valence-corrected chi connectivity index (χ4v) is 5.08. The molecule has 6 rings (SSSR count). The fourth-order valence-electron chi connectivity index (χ4n) is 5.08. The van der Waals surface area contributed by atoms with E-state index in [0.717, 1.165) is 73.0 Å². The molecule has 1 saturated heterocycles. The average molecular weight is 472 g/mol. The summed E-state index contributed by atoms with van der Waals surface area (Å²) in [4.78, 5) is 12.1. The molecule has 2 aromatic carbocycles. The zero-order chi connectivity index (χ0) is 23.8. The number of hydrogen-bond acceptors (Lipinski definition) is 5. The second-order valence-corrected chi connectivity index (χ2v) is 9.73. The van der Waals surface area contributed by atoms with E-state index in [1.807, 2.05) is 36.4 Å². The number of carbonyl (C=O) groups excluding carboxylic acids is 1. The quantitative estimate of drug-likeness (QED) is 0.464. The molecular weight excluding hydrogens is 442 g/mol. The number of carbonyl (C=O) groups is 1. The molecule has 1 aliphatic heterocycles. The van der Waals surface area contributed by atoms with Crippen molar-refractivity contribution >= 4 is 22.7 Å². The van der Waals surface area contributed by atoms with Gasteiger partial charge >= 0.3 is 6.09 Å². The maximum Gasteiger partial charge on any atom is 0.411 e. The molecule has 3 fully saturated rings. The Labute approximate surface area is 204 Å². The molecule has 2 saturated carbocycles. The maximum absolute atomic E-state index is 12.1. The molecule has 2 heterocycles. The molecule has 1 amide bonds. The Morgan fingerprint density at radius 1 is 1.03 bits per heavy atom. The number of benzene rings is 2. The fraction of sp³-hybridized carbons (Fsp3) is 0.429. The predicted molar refractivity (Wildman–Crippen MR) is 133 cm³/mol. The topological polar surface area (TPSA) is 85.5 Å². The molecule has 7 heteroatoms. The van der Waals surface area contributed by atoms with Gasteiger partial charge < -0.3 is 18.8 Å². The van der Waals surface area contributed by atoms with Crippen molar-refractivity contribution < 1.29 is 19.0 Å². The monoisotopic (exact) mass is 471 g/mol. The van der Waals surface area contributed by atoms with E-state index in [9.17, 15) is 10.1 Å². The lowest BCUT2D eigenvalue weighted by Crippen LogP contribution is -2.27. The predicted octanol–water partition coefficient (Wildman–Crippen LogP) is 6.17. The van der Waals surface area contributed by atoms with Crippen LogP contribution >= 0.6 is 0 Å². The van der Waals surface area contributed by atoms with Crippen LogP contribution in [0.3, 0.4) is 0 Å². The van der Waals surface area contributed by atoms with E-state index < -0.39 is 6.09 Å². The molecule has 3 aromatic rings. The van der Waals surface area contributed by atoms with Gasteiger partial charge in [0.1, 0.15) is 24.0 Å². The van der Waals surface area contributed by atoms with Crippen molar-refractivity contribution in [1.29, 1.82) is 5.26 Å². The van der Waals surface area contributed by atoms with Crippen LogP contribution in [0.1, 0.15) is 56.6 Å². The van der Waals surface area contributed by atoms with Crippen LogP contribution in [0.4, 0.5) is 10.5 Å². The summed E-state index contributed by atoms with van der Waals surface area (Å²) in [5.74, 6) is 0.812. The highest BCUT2D eigenvalue weighted by Crippen LogP contribution is 2.43. The van der Waals surface area contributed by atoms with Gasteiger partial charge in [-0.15, -0.1) is 0 Å². The number of nitrogens with zero attached hydrogens (tertiary/aromatic N) is 2. The van der Waals surface area contributed by atoms with E-state index >= 15 is 0 Å². The summed E-state index contributed by atoms with van der Waals surface area (Å²) < 4.78 is 19.4. The SMILES string of the molecule is N#Cc1c(-c2ccc(NC(=O)OC3CCC3)cc2)n(C2CCC2)c2cc(OC3CCOC3)ccc12. The molecule has 2 aliphatic carbocycles. The van der Waals surface area contributed by atoms with Gasteiger partial charge in [0.25, 0.3) is 0 Å². The summed E-state index contributed by atoms with van der Waals surface area (Å²) >= 11 is 0. The Balaban J connectivity index is 1.34. The highest BCUT2D eigenvalue weighted by molar-refractivity contribution is 5.96. The minimum atomic E-state index is -0.413. The van der Waals surface area contributed by atoms with Crippen LogP contribution in [-0.4, -0.2) is 36.1 Å². The smallest absolute Gasteiger partial charge is 0.411 e. The Bertz CT molecular complexity index is 1280. The third-order valence-electron chi connectivity index (χ3n) is 7.45. The molecule has 180 valence electrons. The van der Waals surface area contributed by atoms with E-state index in [1.54, 1.807) is 0 Å². The number of ether oxygens (including phenoxy) is 3. The van der Waals surface area contributed by atoms with E-state index in [2.05, 4.69) is 22.0 Å². The molecular formula is C28H29N3O4. The van der Waals surface area contributed by atoms with Crippen LogP contribution in [-0.2, 0) is 9.47 Å². The van der Waals surface area contributed by atoms with E-state index in [4.69, 9.17) is 14.2 Å². The average Bonchev–Trinajstić information content (AvgIpc) is 3.42. The van der Waals surface area contributed by atoms with Crippen LogP contribution in [0.2, 0.25) is 0 Å². The normalized spacial score (nSPS) is 20.1. The van der Waals surface area contributed by atoms with Crippen molar-refractivity contribution in [2.24, 2.45) is 0 Å². The molecule has 0 spiro atoms. The van der Waals surface area contributed by atoms with Crippen LogP contribution < -0.4 is 10.1 Å². The maximum atomic E-state index is 12.1. The first-order valence-electron chi connectivity index (χ1n) is 12.6. The van der Waals surface area contributed by atoms with Crippen LogP contribution in [0.15, 0.2) is 42.5 Å². The Morgan fingerprint density at radius 3 is 2.46 bits per heavy atom. The lowest BCUT2D eigenvalue weighted by Gasteiger charge is -2.30. The highest BCUT2D eigenvalue weighted by atomic mass is 16.6. The molecule has 1 N–H and O–H groups in total. The van der Waals surface area contributed by atoms with Gasteiger partial charge in [-0.3, -0.25) is 5.32 Å². The second kappa shape index (κ2) is 9.27. The molecule has 0 radical (unpaired) electrons. The first kappa shape index (κ1) is 22.0. The molecule has 3 aliphatic rings. The summed E-state index contributed by atoms with van der Waals surface area (Å²) in [5, 5.41) is 13.9. The summed E-state index contributed by atoms with van der Waals surface area (Å²) in [7, 11) is 0. The number of anilines is 1. The van der Waals surface area contributed by atoms with Gasteiger partial charge in [-0.2, -0.15) is 5.26 Å². The molecule has 1 unspecified atom stereocenters. The van der Waals surface area contributed by atoms with Gasteiger partial charge in [0, 0.05) is 29.6 Å². The van der Waals surface area contributed by atoms with Gasteiger partial charge in [0.05, 0.1) is 30.0 Å². The van der Waals surface area contributed by atoms with Crippen molar-refractivity contribution in [2.45, 2.75) is 63.2 Å². The first-order valence-corrected chi connectivity index (χ1v) is 12.6. The van der Waals surface area contributed by atoms with Crippen molar-refractivity contribution in [2.75, 3.05) is 18.5 Å². The number of amides is 1. The van der Waals surface area contributed by atoms with Crippen molar-refractivity contribution in [1.82, 2.24) is 4.57 Å². The van der Waals surface area contributed by atoms with Gasteiger partial charge in [0.2, 0.25) is 0 Å². The molecule has 35 heavy (non-hydrogen) atoms. The first-order chi connectivity index (χ1) is 17.2. The summed E-state index contributed by atoms with van der Waals surface area (Å²) in [6, 6.07) is 16.5. The van der Waals surface area contributed by atoms with Crippen molar-refractivity contribution in [3.05, 3.63) is 48.0 Å². The number of nitrogens with one attached hydrogen (secondary N) is 1. The number of hydrogen-bond donors (Lipinski definition) is 1. The van der Waals surface area contributed by atoms with E-state index in [1.165, 1.54) is 6.42 Å². The van der Waals surface area contributed by atoms with Crippen molar-refractivity contribution in [3.63, 3.8) is 0 Å². The number of nitriles is 1. The lowest BCUT2D eigenvalue weighted by molar-refractivity contribution is 0.0624. The summed E-state index contributed by atoms with van der Waals surface area (Å²) in [5.41, 5.74) is 4.26. The second-order valence-electron chi connectivity index (χ2n) is 9.73. The highest BCUT2D eigenvalue weighted by Gasteiger charge is 2.28. The number of fused-ring (bicyclic) bond motifs is 1. The van der Waals surface area contributed by atoms with E-state index in [0.29, 0.717) is 23.9 Å². The van der Waals surface area contributed by atoms with Crippen LogP contribution in [0.25, 0.3) is 22.2 Å². The van der Waals surface area contributed by atoms with Gasteiger partial charge in [-0.25, -0.2) is 4.79 Å². The summed E-state index contributed by atoms with van der Waals surface area (Å²) in [6.45, 7) is 1.35. The van der Waals surface area contributed by atoms with Gasteiger partial charge in [-0.1, -0.05) is 12.1 Å². The van der Waals surface area contributed by atoms with Crippen LogP contribution in [0, 0.1) is 11.3 Å². The van der Waals surface area contributed by atoms with Crippen LogP contribution in [0.5, 0.6) is 5.75 Å². The minimum Gasteiger partial charge on any atom is -0.488 e. The number of rotatable bonds is 6. The van der Waals surface area contributed by atoms with Gasteiger partial charge in [-0.05, 0) is 68.4 Å². The third-order valence-corrected chi connectivity index (χ3v) is 7.45. The molecule has 0 bridgehead atoms. The number of aromatic nitrogens is 1. The third kappa shape index (κ3) is 4.23. The zero-order valence-electron chi connectivity index (χ0n) is 19.7. The molecule has 1 aromatic heterocycles. The van der Waals surface area contributed by atoms with Gasteiger partial charge in [0.15, 0.2) is 0 Å². The molecule has 1 atom stereocenters. The lowest BCUT2D eigenvalue weighted by atomic mass is 9.92. The van der Waals surface area contributed by atoms with Crippen molar-refractivity contribution in [3.8, 4) is 23.1 Å². The van der Waals surface area contributed by atoms with E-state index in [-0.39, 0.29) is 12.2 Å². The largest absolute Gasteiger partial charge is 0.488 e. The summed E-state index contributed by atoms with van der Waals surface area (Å²) in [6.07, 6.45) is 6.97. The Morgan fingerprint density at radius 2 is 1.83 bits per heavy atom. The standard InChI is InChI=1S/C28H29N3O4/c29-16-25-24-12-11-22(34-23-13-14-33-17-23)15-26(24)31(20-3-1-4-20)27(25)18-7-9-19(10-8-18)30-28(32)35-21-5-2-6-21/h7-12,15,20-21,23H,1-6,13-14,17H2,(H,30,32). The Kier molecular flexibility index (Phi) is 5.83. The minimum absolute atomic E-state index is 0.0423. The Hall–Kier alpha value is -3.50. The molecule has 7 nitrogen and oxygen atoms in total. The zero-order valence-corrected chi connectivity index (χ0v) is 19.7.